The molecule has 128 valence electrons. The lowest BCUT2D eigenvalue weighted by Crippen LogP contribution is -2.30. The molecule has 3 rings (SSSR count). The summed E-state index contributed by atoms with van der Waals surface area (Å²) in [4.78, 5) is 17.5. The quantitative estimate of drug-likeness (QED) is 0.656. The maximum atomic E-state index is 12.2. The predicted octanol–water partition coefficient (Wildman–Crippen LogP) is 4.19. The van der Waals surface area contributed by atoms with Gasteiger partial charge in [0.05, 0.1) is 11.8 Å². The molecule has 3 aromatic rings. The van der Waals surface area contributed by atoms with Crippen LogP contribution in [0.1, 0.15) is 12.8 Å². The van der Waals surface area contributed by atoms with Crippen LogP contribution in [0.4, 0.5) is 0 Å². The van der Waals surface area contributed by atoms with Crippen molar-refractivity contribution in [2.24, 2.45) is 0 Å². The summed E-state index contributed by atoms with van der Waals surface area (Å²) < 4.78 is 5.18. The molecule has 1 aromatic heterocycles. The highest BCUT2D eigenvalue weighted by molar-refractivity contribution is 8.00. The Morgan fingerprint density at radius 1 is 1.20 bits per heavy atom. The Balaban J connectivity index is 1.54. The van der Waals surface area contributed by atoms with Gasteiger partial charge in [-0.05, 0) is 43.3 Å². The van der Waals surface area contributed by atoms with Gasteiger partial charge in [-0.1, -0.05) is 35.0 Å². The van der Waals surface area contributed by atoms with Gasteiger partial charge >= 0.3 is 0 Å². The highest BCUT2D eigenvalue weighted by atomic mass is 35.5. The van der Waals surface area contributed by atoms with E-state index in [1.165, 1.54) is 11.8 Å². The van der Waals surface area contributed by atoms with Gasteiger partial charge in [0.2, 0.25) is 17.6 Å². The van der Waals surface area contributed by atoms with Crippen LogP contribution in [0.5, 0.6) is 0 Å². The van der Waals surface area contributed by atoms with Crippen LogP contribution in [-0.2, 0) is 11.3 Å². The molecule has 7 heteroatoms. The molecular formula is C18H16ClN3O2S. The lowest BCUT2D eigenvalue weighted by molar-refractivity contribution is -0.120. The number of amides is 1. The van der Waals surface area contributed by atoms with Crippen LogP contribution in [0.15, 0.2) is 64.0 Å². The van der Waals surface area contributed by atoms with Crippen molar-refractivity contribution in [3.05, 3.63) is 65.5 Å². The first-order valence-corrected chi connectivity index (χ1v) is 8.95. The van der Waals surface area contributed by atoms with Crippen molar-refractivity contribution in [1.29, 1.82) is 0 Å². The first-order valence-electron chi connectivity index (χ1n) is 7.70. The zero-order valence-electron chi connectivity index (χ0n) is 13.5. The Morgan fingerprint density at radius 3 is 2.64 bits per heavy atom. The molecule has 0 unspecified atom stereocenters. The average Bonchev–Trinajstić information content (AvgIpc) is 3.10. The number of rotatable bonds is 6. The van der Waals surface area contributed by atoms with Gasteiger partial charge < -0.3 is 9.84 Å². The summed E-state index contributed by atoms with van der Waals surface area (Å²) in [5.41, 5.74) is 0.804. The first kappa shape index (κ1) is 17.5. The van der Waals surface area contributed by atoms with Crippen molar-refractivity contribution in [1.82, 2.24) is 15.5 Å². The SMILES string of the molecule is C[C@@H](Sc1ccccc1)C(=O)NCc1nc(-c2ccc(Cl)cc2)no1. The van der Waals surface area contributed by atoms with Crippen molar-refractivity contribution in [3.8, 4) is 11.4 Å². The molecule has 5 nitrogen and oxygen atoms in total. The number of hydrogen-bond donors (Lipinski definition) is 1. The minimum Gasteiger partial charge on any atom is -0.346 e. The highest BCUT2D eigenvalue weighted by Crippen LogP contribution is 2.23. The molecule has 0 radical (unpaired) electrons. The number of thioether (sulfide) groups is 1. The van der Waals surface area contributed by atoms with Crippen LogP contribution in [-0.4, -0.2) is 21.3 Å². The van der Waals surface area contributed by atoms with E-state index in [1.807, 2.05) is 49.4 Å². The lowest BCUT2D eigenvalue weighted by Gasteiger charge is -2.10. The van der Waals surface area contributed by atoms with E-state index in [2.05, 4.69) is 15.5 Å². The van der Waals surface area contributed by atoms with E-state index in [0.717, 1.165) is 10.5 Å². The molecule has 0 saturated heterocycles. The summed E-state index contributed by atoms with van der Waals surface area (Å²) in [6.45, 7) is 2.05. The van der Waals surface area contributed by atoms with E-state index in [-0.39, 0.29) is 17.7 Å². The van der Waals surface area contributed by atoms with Crippen LogP contribution in [0.25, 0.3) is 11.4 Å². The summed E-state index contributed by atoms with van der Waals surface area (Å²) in [6.07, 6.45) is 0. The fraction of sp³-hybridized carbons (Fsp3) is 0.167. The Labute approximate surface area is 154 Å². The minimum atomic E-state index is -0.221. The molecule has 1 heterocycles. The third-order valence-electron chi connectivity index (χ3n) is 3.41. The average molecular weight is 374 g/mol. The van der Waals surface area contributed by atoms with Crippen LogP contribution < -0.4 is 5.32 Å². The Hall–Kier alpha value is -2.31. The van der Waals surface area contributed by atoms with E-state index in [1.54, 1.807) is 12.1 Å². The summed E-state index contributed by atoms with van der Waals surface area (Å²) in [7, 11) is 0. The Morgan fingerprint density at radius 2 is 1.92 bits per heavy atom. The van der Waals surface area contributed by atoms with E-state index < -0.39 is 0 Å². The van der Waals surface area contributed by atoms with E-state index >= 15 is 0 Å². The number of nitrogens with one attached hydrogen (secondary N) is 1. The molecule has 0 fully saturated rings. The monoisotopic (exact) mass is 373 g/mol. The van der Waals surface area contributed by atoms with Crippen molar-refractivity contribution >= 4 is 29.3 Å². The molecular weight excluding hydrogens is 358 g/mol. The molecule has 0 aliphatic carbocycles. The Bertz CT molecular complexity index is 837. The zero-order chi connectivity index (χ0) is 17.6. The maximum Gasteiger partial charge on any atom is 0.246 e. The van der Waals surface area contributed by atoms with Gasteiger partial charge in [0.1, 0.15) is 0 Å². The van der Waals surface area contributed by atoms with Gasteiger partial charge in [-0.3, -0.25) is 4.79 Å². The van der Waals surface area contributed by atoms with Gasteiger partial charge in [-0.2, -0.15) is 4.98 Å². The van der Waals surface area contributed by atoms with Crippen molar-refractivity contribution in [2.45, 2.75) is 23.6 Å². The molecule has 2 aromatic carbocycles. The highest BCUT2D eigenvalue weighted by Gasteiger charge is 2.16. The van der Waals surface area contributed by atoms with Crippen molar-refractivity contribution in [2.75, 3.05) is 0 Å². The first-order chi connectivity index (χ1) is 12.1. The fourth-order valence-electron chi connectivity index (χ4n) is 2.11. The standard InChI is InChI=1S/C18H16ClN3O2S/c1-12(25-15-5-3-2-4-6-15)18(23)20-11-16-21-17(22-24-16)13-7-9-14(19)10-8-13/h2-10,12H,11H2,1H3,(H,20,23)/t12-/m1/s1. The largest absolute Gasteiger partial charge is 0.346 e. The van der Waals surface area contributed by atoms with Crippen LogP contribution >= 0.6 is 23.4 Å². The third-order valence-corrected chi connectivity index (χ3v) is 4.77. The second kappa shape index (κ2) is 8.18. The zero-order valence-corrected chi connectivity index (χ0v) is 15.1. The van der Waals surface area contributed by atoms with Gasteiger partial charge in [-0.25, -0.2) is 0 Å². The number of benzene rings is 2. The molecule has 0 spiro atoms. The third kappa shape index (κ3) is 4.84. The van der Waals surface area contributed by atoms with Gasteiger partial charge in [0.25, 0.3) is 0 Å². The second-order valence-corrected chi connectivity index (χ2v) is 7.16. The van der Waals surface area contributed by atoms with Crippen molar-refractivity contribution < 1.29 is 9.32 Å². The molecule has 0 saturated carbocycles. The predicted molar refractivity (Wildman–Crippen MR) is 98.4 cm³/mol. The molecule has 1 atom stereocenters. The fourth-order valence-corrected chi connectivity index (χ4v) is 3.14. The molecule has 1 N–H and O–H groups in total. The van der Waals surface area contributed by atoms with Gasteiger partial charge in [0, 0.05) is 15.5 Å². The van der Waals surface area contributed by atoms with E-state index in [4.69, 9.17) is 16.1 Å². The van der Waals surface area contributed by atoms with Crippen LogP contribution in [0.2, 0.25) is 5.02 Å². The number of aromatic nitrogens is 2. The molecule has 0 aliphatic heterocycles. The topological polar surface area (TPSA) is 68.0 Å². The van der Waals surface area contributed by atoms with Crippen LogP contribution in [0.3, 0.4) is 0 Å². The van der Waals surface area contributed by atoms with Gasteiger partial charge in [-0.15, -0.1) is 11.8 Å². The lowest BCUT2D eigenvalue weighted by atomic mass is 10.2. The number of carbonyl (C=O) groups excluding carboxylic acids is 1. The van der Waals surface area contributed by atoms with Crippen molar-refractivity contribution in [3.63, 3.8) is 0 Å². The van der Waals surface area contributed by atoms with Gasteiger partial charge in [0.15, 0.2) is 0 Å². The summed E-state index contributed by atoms with van der Waals surface area (Å²) in [5.74, 6) is 0.739. The normalized spacial score (nSPS) is 11.9. The molecule has 0 bridgehead atoms. The molecule has 25 heavy (non-hydrogen) atoms. The smallest absolute Gasteiger partial charge is 0.246 e. The maximum absolute atomic E-state index is 12.2. The minimum absolute atomic E-state index is 0.0832. The summed E-state index contributed by atoms with van der Waals surface area (Å²) in [6, 6.07) is 16.9. The number of hydrogen-bond acceptors (Lipinski definition) is 5. The second-order valence-electron chi connectivity index (χ2n) is 5.31. The van der Waals surface area contributed by atoms with E-state index in [9.17, 15) is 4.79 Å². The summed E-state index contributed by atoms with van der Waals surface area (Å²) in [5, 5.41) is 7.16. The van der Waals surface area contributed by atoms with E-state index in [0.29, 0.717) is 16.7 Å². The number of nitrogens with zero attached hydrogens (tertiary/aromatic N) is 2. The number of halogens is 1. The summed E-state index contributed by atoms with van der Waals surface area (Å²) >= 11 is 7.36. The Kier molecular flexibility index (Phi) is 5.73. The van der Waals surface area contributed by atoms with Crippen LogP contribution in [0, 0.1) is 0 Å². The number of carbonyl (C=O) groups is 1. The molecule has 1 amide bonds. The molecule has 0 aliphatic rings.